The molecular formula is C24H36S. The molecule has 0 bridgehead atoms. The molecule has 0 saturated carbocycles. The average Bonchev–Trinajstić information content (AvgIpc) is 2.65. The predicted molar refractivity (Wildman–Crippen MR) is 118 cm³/mol. The molecule has 0 N–H and O–H groups in total. The van der Waals surface area contributed by atoms with Crippen molar-refractivity contribution in [2.45, 2.75) is 71.0 Å². The second-order valence-electron chi connectivity index (χ2n) is 6.80. The van der Waals surface area contributed by atoms with Crippen LogP contribution in [0.1, 0.15) is 75.7 Å². The molecule has 2 atom stereocenters. The summed E-state index contributed by atoms with van der Waals surface area (Å²) in [4.78, 5) is 0. The van der Waals surface area contributed by atoms with Gasteiger partial charge in [-0.25, -0.2) is 0 Å². The number of rotatable bonds is 12. The van der Waals surface area contributed by atoms with Crippen LogP contribution in [-0.2, 0) is 6.42 Å². The Bertz CT molecular complexity index is 553. The first-order chi connectivity index (χ1) is 12.1. The molecule has 0 radical (unpaired) electrons. The zero-order valence-electron chi connectivity index (χ0n) is 16.4. The van der Waals surface area contributed by atoms with Crippen molar-refractivity contribution in [3.63, 3.8) is 0 Å². The summed E-state index contributed by atoms with van der Waals surface area (Å²) < 4.78 is 0. The van der Waals surface area contributed by atoms with Crippen LogP contribution in [0.4, 0.5) is 0 Å². The van der Waals surface area contributed by atoms with Crippen LogP contribution in [0.5, 0.6) is 0 Å². The third-order valence-electron chi connectivity index (χ3n) is 4.86. The Morgan fingerprint density at radius 3 is 2.68 bits per heavy atom. The van der Waals surface area contributed by atoms with Crippen LogP contribution in [0, 0.1) is 5.92 Å². The summed E-state index contributed by atoms with van der Waals surface area (Å²) in [7, 11) is 0. The third-order valence-corrected chi connectivity index (χ3v) is 5.36. The Morgan fingerprint density at radius 2 is 2.04 bits per heavy atom. The lowest BCUT2D eigenvalue weighted by molar-refractivity contribution is 0.422. The van der Waals surface area contributed by atoms with Gasteiger partial charge in [0.05, 0.1) is 0 Å². The second kappa shape index (κ2) is 13.1. The molecule has 0 aliphatic carbocycles. The van der Waals surface area contributed by atoms with E-state index >= 15 is 0 Å². The fraction of sp³-hybridized carbons (Fsp3) is 0.500. The monoisotopic (exact) mass is 356 g/mol. The van der Waals surface area contributed by atoms with Crippen LogP contribution >= 0.6 is 12.6 Å². The molecule has 25 heavy (non-hydrogen) atoms. The molecular weight excluding hydrogens is 320 g/mol. The van der Waals surface area contributed by atoms with Crippen molar-refractivity contribution in [1.82, 2.24) is 0 Å². The lowest BCUT2D eigenvalue weighted by Crippen LogP contribution is -2.04. The maximum atomic E-state index is 4.91. The summed E-state index contributed by atoms with van der Waals surface area (Å²) in [5.74, 6) is 0.743. The summed E-state index contributed by atoms with van der Waals surface area (Å²) in [6.45, 7) is 10.5. The van der Waals surface area contributed by atoms with Crippen LogP contribution in [0.15, 0.2) is 60.7 Å². The number of hydrogen-bond acceptors (Lipinski definition) is 1. The van der Waals surface area contributed by atoms with Crippen LogP contribution < -0.4 is 0 Å². The highest BCUT2D eigenvalue weighted by molar-refractivity contribution is 7.80. The van der Waals surface area contributed by atoms with Gasteiger partial charge in [-0.2, -0.15) is 12.6 Å². The van der Waals surface area contributed by atoms with Gasteiger partial charge in [-0.1, -0.05) is 88.8 Å². The van der Waals surface area contributed by atoms with E-state index in [1.807, 2.05) is 6.08 Å². The van der Waals surface area contributed by atoms with Crippen molar-refractivity contribution in [3.05, 3.63) is 71.8 Å². The quantitative estimate of drug-likeness (QED) is 0.286. The normalized spacial score (nSPS) is 14.6. The van der Waals surface area contributed by atoms with Gasteiger partial charge in [0.25, 0.3) is 0 Å². The smallest absolute Gasteiger partial charge is 0.0269 e. The number of benzene rings is 1. The zero-order valence-corrected chi connectivity index (χ0v) is 17.3. The van der Waals surface area contributed by atoms with E-state index in [9.17, 15) is 0 Å². The Kier molecular flexibility index (Phi) is 11.4. The number of aryl methyl sites for hydroxylation is 1. The zero-order chi connectivity index (χ0) is 18.5. The van der Waals surface area contributed by atoms with E-state index in [0.717, 1.165) is 31.6 Å². The Hall–Kier alpha value is -1.21. The minimum absolute atomic E-state index is 0.347. The summed E-state index contributed by atoms with van der Waals surface area (Å²) in [6.07, 6.45) is 16.8. The summed E-state index contributed by atoms with van der Waals surface area (Å²) in [5.41, 5.74) is 4.18. The first kappa shape index (κ1) is 21.8. The van der Waals surface area contributed by atoms with Crippen LogP contribution in [-0.4, -0.2) is 0 Å². The molecule has 0 aliphatic heterocycles. The molecule has 0 heterocycles. The van der Waals surface area contributed by atoms with Gasteiger partial charge >= 0.3 is 0 Å². The van der Waals surface area contributed by atoms with Gasteiger partial charge in [0.2, 0.25) is 0 Å². The lowest BCUT2D eigenvalue weighted by Gasteiger charge is -2.20. The summed E-state index contributed by atoms with van der Waals surface area (Å²) >= 11 is 4.91. The van der Waals surface area contributed by atoms with E-state index in [1.54, 1.807) is 0 Å². The van der Waals surface area contributed by atoms with E-state index in [2.05, 4.69) is 69.8 Å². The van der Waals surface area contributed by atoms with Crippen molar-refractivity contribution >= 4 is 12.6 Å². The van der Waals surface area contributed by atoms with Crippen molar-refractivity contribution in [1.29, 1.82) is 0 Å². The van der Waals surface area contributed by atoms with Crippen molar-refractivity contribution in [2.75, 3.05) is 0 Å². The molecule has 2 unspecified atom stereocenters. The predicted octanol–water partition coefficient (Wildman–Crippen LogP) is 7.89. The molecule has 0 saturated heterocycles. The molecule has 0 fully saturated rings. The minimum Gasteiger partial charge on any atom is -0.171 e. The topological polar surface area (TPSA) is 0 Å². The van der Waals surface area contributed by atoms with Crippen LogP contribution in [0.3, 0.4) is 0 Å². The standard InChI is InChI=1S/C24H36S/c1-5-9-13-22(12-6-2)16-10-14-21(8-4)19-24(25)23-17-11-15-20(7-3)18-23/h6,9,11-13,15,17-18,21,24-25H,2,5,7-8,10,14,16,19H2,1,3-4H3/b13-9-,22-12+. The molecule has 0 amide bonds. The van der Waals surface area contributed by atoms with Gasteiger partial charge < -0.3 is 0 Å². The molecule has 0 spiro atoms. The number of thiol groups is 1. The van der Waals surface area contributed by atoms with Gasteiger partial charge in [0, 0.05) is 5.25 Å². The Labute approximate surface area is 161 Å². The highest BCUT2D eigenvalue weighted by Gasteiger charge is 2.14. The molecule has 138 valence electrons. The third kappa shape index (κ3) is 8.63. The average molecular weight is 357 g/mol. The second-order valence-corrected chi connectivity index (χ2v) is 7.43. The highest BCUT2D eigenvalue weighted by atomic mass is 32.1. The summed E-state index contributed by atoms with van der Waals surface area (Å²) in [6, 6.07) is 8.93. The van der Waals surface area contributed by atoms with Crippen molar-refractivity contribution in [3.8, 4) is 0 Å². The Balaban J connectivity index is 2.54. The van der Waals surface area contributed by atoms with E-state index < -0.39 is 0 Å². The lowest BCUT2D eigenvalue weighted by atomic mass is 9.90. The fourth-order valence-electron chi connectivity index (χ4n) is 3.20. The van der Waals surface area contributed by atoms with E-state index in [4.69, 9.17) is 12.6 Å². The largest absolute Gasteiger partial charge is 0.171 e. The van der Waals surface area contributed by atoms with Crippen LogP contribution in [0.25, 0.3) is 0 Å². The van der Waals surface area contributed by atoms with Crippen molar-refractivity contribution < 1.29 is 0 Å². The number of hydrogen-bond donors (Lipinski definition) is 1. The fourth-order valence-corrected chi connectivity index (χ4v) is 3.66. The molecule has 1 aromatic carbocycles. The maximum absolute atomic E-state index is 4.91. The first-order valence-corrected chi connectivity index (χ1v) is 10.4. The molecule has 0 aromatic heterocycles. The summed E-state index contributed by atoms with van der Waals surface area (Å²) in [5, 5.41) is 0.347. The maximum Gasteiger partial charge on any atom is 0.0269 e. The number of allylic oxidation sites excluding steroid dienone is 5. The molecule has 1 rings (SSSR count). The molecule has 1 heteroatoms. The van der Waals surface area contributed by atoms with Gasteiger partial charge in [-0.3, -0.25) is 0 Å². The van der Waals surface area contributed by atoms with Gasteiger partial charge in [0.1, 0.15) is 0 Å². The van der Waals surface area contributed by atoms with E-state index in [-0.39, 0.29) is 0 Å². The van der Waals surface area contributed by atoms with Gasteiger partial charge in [-0.05, 0) is 54.7 Å². The SMILES string of the molecule is C=C/C=C(\C=C/CC)CCCC(CC)CC(S)c1cccc(CC)c1. The van der Waals surface area contributed by atoms with Gasteiger partial charge in [-0.15, -0.1) is 0 Å². The highest BCUT2D eigenvalue weighted by Crippen LogP contribution is 2.32. The van der Waals surface area contributed by atoms with E-state index in [0.29, 0.717) is 5.25 Å². The van der Waals surface area contributed by atoms with Gasteiger partial charge in [0.15, 0.2) is 0 Å². The molecule has 1 aromatic rings. The van der Waals surface area contributed by atoms with Crippen LogP contribution in [0.2, 0.25) is 0 Å². The minimum atomic E-state index is 0.347. The van der Waals surface area contributed by atoms with E-state index in [1.165, 1.54) is 36.0 Å². The van der Waals surface area contributed by atoms with Crippen molar-refractivity contribution in [2.24, 2.45) is 5.92 Å². The Morgan fingerprint density at radius 1 is 1.24 bits per heavy atom. The molecule has 0 nitrogen and oxygen atoms in total. The first-order valence-electron chi connectivity index (χ1n) is 9.89. The molecule has 0 aliphatic rings.